The quantitative estimate of drug-likeness (QED) is 0.402. The summed E-state index contributed by atoms with van der Waals surface area (Å²) in [7, 11) is 0. The van der Waals surface area contributed by atoms with Gasteiger partial charge in [-0.25, -0.2) is 23.7 Å². The van der Waals surface area contributed by atoms with Gasteiger partial charge in [-0.15, -0.1) is 0 Å². The molecule has 3 aromatic rings. The van der Waals surface area contributed by atoms with Crippen molar-refractivity contribution in [1.29, 1.82) is 0 Å². The maximum atomic E-state index is 14.3. The third-order valence-electron chi connectivity index (χ3n) is 4.80. The Morgan fingerprint density at radius 1 is 1.21 bits per heavy atom. The van der Waals surface area contributed by atoms with E-state index in [1.54, 1.807) is 6.20 Å². The summed E-state index contributed by atoms with van der Waals surface area (Å²) in [6, 6.07) is 1.33. The van der Waals surface area contributed by atoms with E-state index in [0.717, 1.165) is 31.7 Å². The van der Waals surface area contributed by atoms with Gasteiger partial charge in [0.1, 0.15) is 11.5 Å². The van der Waals surface area contributed by atoms with Crippen LogP contribution in [-0.4, -0.2) is 38.0 Å². The fourth-order valence-corrected chi connectivity index (χ4v) is 3.58. The summed E-state index contributed by atoms with van der Waals surface area (Å²) in [4.78, 5) is 19.5. The first-order valence-electron chi connectivity index (χ1n) is 9.00. The number of aliphatic imine (C=N–C) groups is 1. The van der Waals surface area contributed by atoms with Crippen LogP contribution in [0.4, 0.5) is 14.6 Å². The second-order valence-corrected chi connectivity index (χ2v) is 6.86. The molecule has 1 fully saturated rings. The first kappa shape index (κ1) is 18.1. The van der Waals surface area contributed by atoms with E-state index in [2.05, 4.69) is 30.2 Å². The van der Waals surface area contributed by atoms with Gasteiger partial charge in [0, 0.05) is 23.2 Å². The number of hydrogen-bond donors (Lipinski definition) is 4. The topological polar surface area (TPSA) is 131 Å². The lowest BCUT2D eigenvalue weighted by Gasteiger charge is -2.28. The molecule has 146 valence electrons. The van der Waals surface area contributed by atoms with E-state index < -0.39 is 11.6 Å². The largest absolute Gasteiger partial charge is 0.370 e. The van der Waals surface area contributed by atoms with E-state index in [1.165, 1.54) is 6.07 Å². The Morgan fingerprint density at radius 2 is 2.07 bits per heavy atom. The number of aromatic amines is 1. The predicted molar refractivity (Wildman–Crippen MR) is 103 cm³/mol. The number of aromatic nitrogens is 4. The summed E-state index contributed by atoms with van der Waals surface area (Å²) in [5.74, 6) is -0.599. The zero-order valence-electron chi connectivity index (χ0n) is 15.0. The van der Waals surface area contributed by atoms with Crippen LogP contribution in [0.1, 0.15) is 25.7 Å². The van der Waals surface area contributed by atoms with Crippen molar-refractivity contribution in [2.45, 2.75) is 37.8 Å². The van der Waals surface area contributed by atoms with Crippen LogP contribution >= 0.6 is 0 Å². The summed E-state index contributed by atoms with van der Waals surface area (Å²) < 4.78 is 27.9. The van der Waals surface area contributed by atoms with Crippen molar-refractivity contribution < 1.29 is 8.78 Å². The molecule has 6 N–H and O–H groups in total. The van der Waals surface area contributed by atoms with Crippen LogP contribution in [0.5, 0.6) is 0 Å². The van der Waals surface area contributed by atoms with Gasteiger partial charge in [0.25, 0.3) is 0 Å². The average molecular weight is 386 g/mol. The van der Waals surface area contributed by atoms with Crippen LogP contribution < -0.4 is 16.8 Å². The summed E-state index contributed by atoms with van der Waals surface area (Å²) >= 11 is 0. The molecule has 2 atom stereocenters. The lowest BCUT2D eigenvalue weighted by molar-refractivity contribution is 0.409. The van der Waals surface area contributed by atoms with E-state index in [-0.39, 0.29) is 29.7 Å². The summed E-state index contributed by atoms with van der Waals surface area (Å²) in [5, 5.41) is 3.67. The number of nitrogens with two attached hydrogens (primary N) is 2. The number of guanidine groups is 1. The third-order valence-corrected chi connectivity index (χ3v) is 4.80. The van der Waals surface area contributed by atoms with Crippen molar-refractivity contribution in [2.24, 2.45) is 16.5 Å². The number of nitrogens with zero attached hydrogens (tertiary/aromatic N) is 4. The van der Waals surface area contributed by atoms with Gasteiger partial charge in [-0.3, -0.25) is 4.99 Å². The second kappa shape index (κ2) is 7.37. The molecule has 0 aliphatic heterocycles. The molecule has 0 amide bonds. The molecule has 0 bridgehead atoms. The molecule has 0 aromatic carbocycles. The molecule has 3 aromatic heterocycles. The van der Waals surface area contributed by atoms with Crippen molar-refractivity contribution in [2.75, 3.05) is 5.32 Å². The van der Waals surface area contributed by atoms with Gasteiger partial charge in [-0.1, -0.05) is 0 Å². The molecular formula is C18H20F2N8. The molecule has 8 nitrogen and oxygen atoms in total. The number of halogens is 2. The smallest absolute Gasteiger partial charge is 0.186 e. The summed E-state index contributed by atoms with van der Waals surface area (Å²) in [6.45, 7) is 0. The second-order valence-electron chi connectivity index (χ2n) is 6.86. The molecule has 1 aliphatic carbocycles. The number of anilines is 1. The maximum absolute atomic E-state index is 14.3. The van der Waals surface area contributed by atoms with Crippen molar-refractivity contribution in [3.05, 3.63) is 36.3 Å². The van der Waals surface area contributed by atoms with E-state index in [4.69, 9.17) is 11.5 Å². The summed E-state index contributed by atoms with van der Waals surface area (Å²) in [5.41, 5.74) is 12.0. The molecule has 1 aliphatic rings. The fraction of sp³-hybridized carbons (Fsp3) is 0.333. The highest BCUT2D eigenvalue weighted by Gasteiger charge is 2.23. The molecule has 0 unspecified atom stereocenters. The van der Waals surface area contributed by atoms with Crippen molar-refractivity contribution in [3.63, 3.8) is 0 Å². The van der Waals surface area contributed by atoms with Gasteiger partial charge in [0.05, 0.1) is 18.4 Å². The van der Waals surface area contributed by atoms with Crippen LogP contribution in [0.15, 0.2) is 29.6 Å². The molecule has 0 spiro atoms. The Kier molecular flexibility index (Phi) is 4.76. The standard InChI is InChI=1S/C18H20F2N8/c19-9-4-12-13(7-24-15(12)23-6-9)16-25-8-14(20)17(28-16)26-10-2-1-3-11(5-10)27-18(21)22/h4,6-8,10-11H,1-3,5H2,(H,23,24)(H4,21,22,27)(H,25,26,28)/t10-,11+/m0/s1. The van der Waals surface area contributed by atoms with Gasteiger partial charge in [-0.2, -0.15) is 0 Å². The van der Waals surface area contributed by atoms with Crippen molar-refractivity contribution >= 4 is 22.8 Å². The van der Waals surface area contributed by atoms with Gasteiger partial charge >= 0.3 is 0 Å². The zero-order valence-corrected chi connectivity index (χ0v) is 15.0. The van der Waals surface area contributed by atoms with Crippen LogP contribution in [0.25, 0.3) is 22.4 Å². The normalized spacial score (nSPS) is 19.5. The van der Waals surface area contributed by atoms with Gasteiger partial charge in [0.2, 0.25) is 0 Å². The van der Waals surface area contributed by atoms with Gasteiger partial charge in [0.15, 0.2) is 23.4 Å². The minimum absolute atomic E-state index is 0.00304. The van der Waals surface area contributed by atoms with E-state index in [0.29, 0.717) is 23.0 Å². The Labute approximate surface area is 159 Å². The highest BCUT2D eigenvalue weighted by Crippen LogP contribution is 2.28. The van der Waals surface area contributed by atoms with Crippen molar-refractivity contribution in [1.82, 2.24) is 19.9 Å². The van der Waals surface area contributed by atoms with E-state index in [1.807, 2.05) is 0 Å². The summed E-state index contributed by atoms with van der Waals surface area (Å²) in [6.07, 6.45) is 7.21. The van der Waals surface area contributed by atoms with E-state index >= 15 is 0 Å². The molecule has 0 saturated heterocycles. The fourth-order valence-electron chi connectivity index (χ4n) is 3.58. The molecule has 28 heavy (non-hydrogen) atoms. The molecule has 3 heterocycles. The number of H-pyrrole nitrogens is 1. The van der Waals surface area contributed by atoms with Crippen LogP contribution in [0.2, 0.25) is 0 Å². The van der Waals surface area contributed by atoms with Gasteiger partial charge in [-0.05, 0) is 31.7 Å². The van der Waals surface area contributed by atoms with Gasteiger partial charge < -0.3 is 21.8 Å². The first-order valence-corrected chi connectivity index (χ1v) is 9.00. The van der Waals surface area contributed by atoms with Crippen molar-refractivity contribution in [3.8, 4) is 11.4 Å². The zero-order chi connectivity index (χ0) is 19.7. The molecular weight excluding hydrogens is 366 g/mol. The van der Waals surface area contributed by atoms with Crippen LogP contribution in [0, 0.1) is 11.6 Å². The third kappa shape index (κ3) is 3.71. The predicted octanol–water partition coefficient (Wildman–Crippen LogP) is 2.29. The number of fused-ring (bicyclic) bond motifs is 1. The molecule has 1 saturated carbocycles. The highest BCUT2D eigenvalue weighted by molar-refractivity contribution is 5.91. The minimum atomic E-state index is -0.558. The maximum Gasteiger partial charge on any atom is 0.186 e. The first-order chi connectivity index (χ1) is 13.5. The molecule has 10 heteroatoms. The molecule has 4 rings (SSSR count). The minimum Gasteiger partial charge on any atom is -0.370 e. The van der Waals surface area contributed by atoms with Crippen LogP contribution in [0.3, 0.4) is 0 Å². The number of nitrogens with one attached hydrogen (secondary N) is 2. The number of pyridine rings is 1. The SMILES string of the molecule is NC(N)=N[C@@H]1CCC[C@H](Nc2nc(-c3c[nH]c4ncc(F)cc34)ncc2F)C1. The van der Waals surface area contributed by atoms with E-state index in [9.17, 15) is 8.78 Å². The number of hydrogen-bond acceptors (Lipinski definition) is 5. The number of rotatable bonds is 4. The molecule has 0 radical (unpaired) electrons. The lowest BCUT2D eigenvalue weighted by atomic mass is 9.91. The Bertz CT molecular complexity index is 1030. The average Bonchev–Trinajstić information content (AvgIpc) is 3.06. The Hall–Kier alpha value is -3.30. The Morgan fingerprint density at radius 3 is 2.89 bits per heavy atom. The monoisotopic (exact) mass is 386 g/mol. The lowest BCUT2D eigenvalue weighted by Crippen LogP contribution is -2.33. The highest BCUT2D eigenvalue weighted by atomic mass is 19.1. The Balaban J connectivity index is 1.60. The van der Waals surface area contributed by atoms with Crippen LogP contribution in [-0.2, 0) is 0 Å².